The summed E-state index contributed by atoms with van der Waals surface area (Å²) in [7, 11) is 0.335. The van der Waals surface area contributed by atoms with Crippen molar-refractivity contribution in [1.82, 2.24) is 4.98 Å². The molecule has 162 valence electrons. The van der Waals surface area contributed by atoms with Crippen molar-refractivity contribution in [1.29, 1.82) is 0 Å². The van der Waals surface area contributed by atoms with Crippen molar-refractivity contribution in [2.45, 2.75) is 12.8 Å². The Labute approximate surface area is 185 Å². The zero-order chi connectivity index (χ0) is 22.7. The third kappa shape index (κ3) is 7.93. The van der Waals surface area contributed by atoms with Crippen LogP contribution in [0, 0.1) is 0 Å². The molecule has 0 fully saturated rings. The second kappa shape index (κ2) is 11.7. The van der Waals surface area contributed by atoms with Gasteiger partial charge in [0.1, 0.15) is 11.5 Å². The van der Waals surface area contributed by atoms with Gasteiger partial charge in [0.05, 0.1) is 12.2 Å². The number of ether oxygens (including phenoxy) is 1. The minimum atomic E-state index is -4.30. The van der Waals surface area contributed by atoms with Gasteiger partial charge < -0.3 is 9.39 Å². The Kier molecular flexibility index (Phi) is 8.46. The molecule has 32 heavy (non-hydrogen) atoms. The maximum atomic E-state index is 12.4. The van der Waals surface area contributed by atoms with Gasteiger partial charge in [0, 0.05) is 11.8 Å². The molecule has 3 nitrogen and oxygen atoms in total. The van der Waals surface area contributed by atoms with Gasteiger partial charge in [0.25, 0.3) is 0 Å². The number of pyridine rings is 1. The van der Waals surface area contributed by atoms with Crippen molar-refractivity contribution in [3.8, 4) is 11.5 Å². The monoisotopic (exact) mass is 435 g/mol. The van der Waals surface area contributed by atoms with Crippen molar-refractivity contribution in [2.75, 3.05) is 0 Å². The molecule has 0 amide bonds. The van der Waals surface area contributed by atoms with E-state index in [-0.39, 0.29) is 6.61 Å². The van der Waals surface area contributed by atoms with Crippen LogP contribution in [0.5, 0.6) is 11.5 Å². The lowest BCUT2D eigenvalue weighted by Gasteiger charge is -2.08. The highest BCUT2D eigenvalue weighted by molar-refractivity contribution is 6.45. The van der Waals surface area contributed by atoms with Crippen molar-refractivity contribution >= 4 is 13.1 Å². The Morgan fingerprint density at radius 2 is 1.25 bits per heavy atom. The molecular weight excluding hydrogens is 414 g/mol. The predicted octanol–water partition coefficient (Wildman–Crippen LogP) is 5.77. The summed E-state index contributed by atoms with van der Waals surface area (Å²) in [4.78, 5) is 4.08. The summed E-state index contributed by atoms with van der Waals surface area (Å²) < 4.78 is 48.0. The van der Waals surface area contributed by atoms with Crippen LogP contribution in [0.1, 0.15) is 11.1 Å². The van der Waals surface area contributed by atoms with Crippen molar-refractivity contribution < 1.29 is 22.6 Å². The number of benzene rings is 3. The Morgan fingerprint density at radius 1 is 0.688 bits per heavy atom. The average Bonchev–Trinajstić information content (AvgIpc) is 2.81. The van der Waals surface area contributed by atoms with Gasteiger partial charge in [-0.05, 0) is 54.1 Å². The van der Waals surface area contributed by atoms with Gasteiger partial charge in [-0.3, -0.25) is 4.98 Å². The van der Waals surface area contributed by atoms with Crippen molar-refractivity contribution in [3.05, 3.63) is 120 Å². The second-order valence-electron chi connectivity index (χ2n) is 6.74. The van der Waals surface area contributed by atoms with Crippen molar-refractivity contribution in [3.63, 3.8) is 0 Å². The van der Waals surface area contributed by atoms with E-state index >= 15 is 0 Å². The third-order valence-corrected chi connectivity index (χ3v) is 4.25. The van der Waals surface area contributed by atoms with Gasteiger partial charge in [-0.25, -0.2) is 0 Å². The van der Waals surface area contributed by atoms with Gasteiger partial charge in [-0.2, -0.15) is 13.2 Å². The van der Waals surface area contributed by atoms with Gasteiger partial charge >= 0.3 is 13.7 Å². The van der Waals surface area contributed by atoms with E-state index in [9.17, 15) is 13.2 Å². The fourth-order valence-corrected chi connectivity index (χ4v) is 2.66. The molecule has 4 rings (SSSR count). The molecule has 4 aromatic rings. The number of para-hydroxylation sites is 2. The molecule has 0 saturated carbocycles. The lowest BCUT2D eigenvalue weighted by atomic mass is 9.94. The van der Waals surface area contributed by atoms with Gasteiger partial charge in [-0.15, -0.1) is 0 Å². The first kappa shape index (κ1) is 23.1. The molecule has 0 aliphatic rings. The lowest BCUT2D eigenvalue weighted by Crippen LogP contribution is -2.20. The molecular formula is C25H21BF3NO2. The van der Waals surface area contributed by atoms with Crippen LogP contribution in [0.15, 0.2) is 109 Å². The van der Waals surface area contributed by atoms with Crippen LogP contribution in [0.25, 0.3) is 0 Å². The van der Waals surface area contributed by atoms with E-state index in [1.807, 2.05) is 72.8 Å². The van der Waals surface area contributed by atoms with E-state index in [4.69, 9.17) is 9.39 Å². The molecule has 0 spiro atoms. The van der Waals surface area contributed by atoms with Crippen LogP contribution < -0.4 is 10.3 Å². The van der Waals surface area contributed by atoms with E-state index in [0.717, 1.165) is 29.2 Å². The van der Waals surface area contributed by atoms with E-state index in [0.29, 0.717) is 13.0 Å². The molecule has 7 heteroatoms. The molecule has 0 radical (unpaired) electrons. The van der Waals surface area contributed by atoms with E-state index in [1.54, 1.807) is 12.3 Å². The molecule has 0 aliphatic carbocycles. The molecule has 1 heterocycles. The molecule has 0 saturated heterocycles. The number of nitrogens with zero attached hydrogens (tertiary/aromatic N) is 1. The van der Waals surface area contributed by atoms with Crippen LogP contribution in [-0.2, 0) is 17.4 Å². The topological polar surface area (TPSA) is 31.4 Å². The van der Waals surface area contributed by atoms with Gasteiger partial charge in [-0.1, -0.05) is 54.6 Å². The summed E-state index contributed by atoms with van der Waals surface area (Å²) in [6, 6.07) is 29.9. The minimum absolute atomic E-state index is 0.259. The highest BCUT2D eigenvalue weighted by Crippen LogP contribution is 2.29. The molecule has 0 atom stereocenters. The summed E-state index contributed by atoms with van der Waals surface area (Å²) in [6.07, 6.45) is -2.63. The summed E-state index contributed by atoms with van der Waals surface area (Å²) in [5.74, 6) is 1.74. The average molecular weight is 435 g/mol. The largest absolute Gasteiger partial charge is 0.457 e. The summed E-state index contributed by atoms with van der Waals surface area (Å²) in [5.41, 5.74) is 0.833. The standard InChI is InChI=1S/C13H11BF3NO.C12H10O/c15-13(16,17)11-6-4-10(5-7-11)9-19-14-12-3-1-2-8-18-12;1-3-7-11(8-4-1)13-12-9-5-2-6-10-12/h1-8,14H,9H2;1-10H. The Hall–Kier alpha value is -3.58. The van der Waals surface area contributed by atoms with Crippen LogP contribution >= 0.6 is 0 Å². The van der Waals surface area contributed by atoms with E-state index in [2.05, 4.69) is 4.98 Å². The molecule has 0 aliphatic heterocycles. The first-order valence-electron chi connectivity index (χ1n) is 9.92. The number of halogens is 3. The smallest absolute Gasteiger partial charge is 0.416 e. The number of alkyl halides is 3. The van der Waals surface area contributed by atoms with E-state index < -0.39 is 11.7 Å². The predicted molar refractivity (Wildman–Crippen MR) is 120 cm³/mol. The number of hydrogen-bond donors (Lipinski definition) is 0. The fraction of sp³-hybridized carbons (Fsp3) is 0.0800. The number of rotatable bonds is 6. The number of hydrogen-bond acceptors (Lipinski definition) is 3. The minimum Gasteiger partial charge on any atom is -0.457 e. The van der Waals surface area contributed by atoms with Crippen LogP contribution in [0.2, 0.25) is 0 Å². The highest BCUT2D eigenvalue weighted by Gasteiger charge is 2.29. The zero-order valence-electron chi connectivity index (χ0n) is 17.2. The Balaban J connectivity index is 0.000000193. The van der Waals surface area contributed by atoms with Crippen LogP contribution in [0.3, 0.4) is 0 Å². The molecule has 0 bridgehead atoms. The third-order valence-electron chi connectivity index (χ3n) is 4.25. The maximum Gasteiger partial charge on any atom is 0.416 e. The zero-order valence-corrected chi connectivity index (χ0v) is 17.2. The first-order chi connectivity index (χ1) is 15.5. The Morgan fingerprint density at radius 3 is 1.75 bits per heavy atom. The SMILES string of the molecule is FC(F)(F)c1ccc(COBc2ccccn2)cc1.c1ccc(Oc2ccccc2)cc1. The highest BCUT2D eigenvalue weighted by atomic mass is 19.4. The Bertz CT molecular complexity index is 1010. The maximum absolute atomic E-state index is 12.4. The summed E-state index contributed by atoms with van der Waals surface area (Å²) >= 11 is 0. The second-order valence-corrected chi connectivity index (χ2v) is 6.74. The quantitative estimate of drug-likeness (QED) is 0.360. The van der Waals surface area contributed by atoms with E-state index in [1.165, 1.54) is 12.1 Å². The van der Waals surface area contributed by atoms with Gasteiger partial charge in [0.2, 0.25) is 0 Å². The summed E-state index contributed by atoms with van der Waals surface area (Å²) in [5, 5.41) is 0. The van der Waals surface area contributed by atoms with Gasteiger partial charge in [0.15, 0.2) is 0 Å². The summed E-state index contributed by atoms with van der Waals surface area (Å²) in [6.45, 7) is 0.259. The van der Waals surface area contributed by atoms with Crippen LogP contribution in [-0.4, -0.2) is 12.5 Å². The molecule has 0 unspecified atom stereocenters. The first-order valence-corrected chi connectivity index (χ1v) is 9.92. The molecule has 1 aromatic heterocycles. The lowest BCUT2D eigenvalue weighted by molar-refractivity contribution is -0.137. The number of aromatic nitrogens is 1. The normalized spacial score (nSPS) is 10.6. The van der Waals surface area contributed by atoms with Crippen molar-refractivity contribution in [2.24, 2.45) is 0 Å². The molecule has 0 N–H and O–H groups in total. The van der Waals surface area contributed by atoms with Crippen LogP contribution in [0.4, 0.5) is 13.2 Å². The fourth-order valence-electron chi connectivity index (χ4n) is 2.66. The molecule has 3 aromatic carbocycles.